The van der Waals surface area contributed by atoms with Crippen molar-refractivity contribution < 1.29 is 22.7 Å². The minimum Gasteiger partial charge on any atom is -0.454 e. The van der Waals surface area contributed by atoms with E-state index in [0.717, 1.165) is 11.1 Å². The Bertz CT molecular complexity index is 1320. The molecule has 2 aromatic carbocycles. The van der Waals surface area contributed by atoms with Gasteiger partial charge in [-0.25, -0.2) is 18.2 Å². The van der Waals surface area contributed by atoms with Gasteiger partial charge in [0.15, 0.2) is 0 Å². The van der Waals surface area contributed by atoms with E-state index < -0.39 is 16.0 Å². The molecule has 0 spiro atoms. The van der Waals surface area contributed by atoms with E-state index in [1.165, 1.54) is 15.9 Å². The number of imidazole rings is 1. The lowest BCUT2D eigenvalue weighted by Crippen LogP contribution is -2.40. The molecule has 0 saturated carbocycles. The van der Waals surface area contributed by atoms with Crippen LogP contribution in [-0.4, -0.2) is 54.5 Å². The average Bonchev–Trinajstić information content (AvgIpc) is 3.23. The maximum absolute atomic E-state index is 13.0. The summed E-state index contributed by atoms with van der Waals surface area (Å²) in [6.07, 6.45) is 3.12. The van der Waals surface area contributed by atoms with Crippen LogP contribution in [-0.2, 0) is 37.4 Å². The number of carbonyl (C=O) groups excluding carboxylic acids is 1. The topological polar surface area (TPSA) is 90.7 Å². The lowest BCUT2D eigenvalue weighted by molar-refractivity contribution is -0.139. The Hall–Kier alpha value is -3.01. The first kappa shape index (κ1) is 25.1. The molecule has 0 unspecified atom stereocenters. The number of morpholine rings is 1. The largest absolute Gasteiger partial charge is 0.454 e. The molecule has 186 valence electrons. The van der Waals surface area contributed by atoms with Gasteiger partial charge in [-0.15, -0.1) is 0 Å². The number of fused-ring (bicyclic) bond motifs is 1. The summed E-state index contributed by atoms with van der Waals surface area (Å²) in [5.41, 5.74) is 3.50. The molecule has 4 rings (SSSR count). The molecule has 1 aliphatic rings. The molecule has 1 saturated heterocycles. The number of aryl methyl sites for hydroxylation is 1. The summed E-state index contributed by atoms with van der Waals surface area (Å²) in [7, 11) is -3.62. The Morgan fingerprint density at radius 1 is 1.14 bits per heavy atom. The van der Waals surface area contributed by atoms with E-state index in [9.17, 15) is 13.2 Å². The molecule has 0 radical (unpaired) electrons. The number of esters is 1. The van der Waals surface area contributed by atoms with Crippen molar-refractivity contribution in [2.24, 2.45) is 0 Å². The first-order chi connectivity index (χ1) is 16.8. The first-order valence-electron chi connectivity index (χ1n) is 11.8. The number of hydrogen-bond donors (Lipinski definition) is 0. The second-order valence-corrected chi connectivity index (χ2v) is 10.6. The standard InChI is InChI=1S/C26H31N3O5S/c1-4-29-24-11-10-22(35(31,32)28-13-15-33-16-14-28)17-23(24)27-25(29)18-34-26(30)12-7-20-5-8-21(9-6-20)19(2)3/h5-12,17,19H,4,13-16,18H2,1-3H3/b12-7+. The lowest BCUT2D eigenvalue weighted by atomic mass is 10.0. The van der Waals surface area contributed by atoms with E-state index in [1.807, 2.05) is 35.8 Å². The second-order valence-electron chi connectivity index (χ2n) is 8.70. The van der Waals surface area contributed by atoms with Crippen LogP contribution in [0.25, 0.3) is 17.1 Å². The zero-order chi connectivity index (χ0) is 25.0. The fraction of sp³-hybridized carbons (Fsp3) is 0.385. The molecule has 1 aliphatic heterocycles. The van der Waals surface area contributed by atoms with Crippen molar-refractivity contribution in [3.8, 4) is 0 Å². The van der Waals surface area contributed by atoms with Crippen molar-refractivity contribution in [1.82, 2.24) is 13.9 Å². The molecular formula is C26H31N3O5S. The summed E-state index contributed by atoms with van der Waals surface area (Å²) >= 11 is 0. The SMILES string of the molecule is CCn1c(COC(=O)/C=C/c2ccc(C(C)C)cc2)nc2cc(S(=O)(=O)N3CCOCC3)ccc21. The Balaban J connectivity index is 1.47. The average molecular weight is 498 g/mol. The molecule has 0 atom stereocenters. The number of carbonyl (C=O) groups is 1. The van der Waals surface area contributed by atoms with Crippen LogP contribution in [0.3, 0.4) is 0 Å². The first-order valence-corrected chi connectivity index (χ1v) is 13.3. The van der Waals surface area contributed by atoms with Gasteiger partial charge in [-0.2, -0.15) is 4.31 Å². The highest BCUT2D eigenvalue weighted by Crippen LogP contribution is 2.24. The third-order valence-electron chi connectivity index (χ3n) is 6.08. The van der Waals surface area contributed by atoms with Crippen molar-refractivity contribution in [3.05, 3.63) is 65.5 Å². The molecule has 0 aliphatic carbocycles. The summed E-state index contributed by atoms with van der Waals surface area (Å²) in [4.78, 5) is 17.1. The molecule has 1 aromatic heterocycles. The van der Waals surface area contributed by atoms with Crippen LogP contribution in [0.15, 0.2) is 53.4 Å². The van der Waals surface area contributed by atoms with Crippen LogP contribution >= 0.6 is 0 Å². The highest BCUT2D eigenvalue weighted by Gasteiger charge is 2.27. The zero-order valence-corrected chi connectivity index (χ0v) is 21.1. The molecule has 35 heavy (non-hydrogen) atoms. The Morgan fingerprint density at radius 3 is 2.51 bits per heavy atom. The summed E-state index contributed by atoms with van der Waals surface area (Å²) < 4.78 is 40.1. The highest BCUT2D eigenvalue weighted by molar-refractivity contribution is 7.89. The van der Waals surface area contributed by atoms with E-state index >= 15 is 0 Å². The van der Waals surface area contributed by atoms with E-state index in [2.05, 4.69) is 18.8 Å². The number of benzene rings is 2. The third kappa shape index (κ3) is 5.63. The molecule has 0 bridgehead atoms. The third-order valence-corrected chi connectivity index (χ3v) is 7.98. The van der Waals surface area contributed by atoms with Gasteiger partial charge in [0.1, 0.15) is 12.4 Å². The molecule has 3 aromatic rings. The van der Waals surface area contributed by atoms with Crippen molar-refractivity contribution in [2.45, 2.75) is 44.7 Å². The Morgan fingerprint density at radius 2 is 1.86 bits per heavy atom. The number of aromatic nitrogens is 2. The lowest BCUT2D eigenvalue weighted by Gasteiger charge is -2.26. The fourth-order valence-electron chi connectivity index (χ4n) is 4.06. The summed E-state index contributed by atoms with van der Waals surface area (Å²) in [5, 5.41) is 0. The molecule has 1 fully saturated rings. The fourth-order valence-corrected chi connectivity index (χ4v) is 5.49. The van der Waals surface area contributed by atoms with Crippen LogP contribution in [0.1, 0.15) is 43.6 Å². The van der Waals surface area contributed by atoms with Crippen LogP contribution < -0.4 is 0 Å². The van der Waals surface area contributed by atoms with E-state index in [0.29, 0.717) is 50.1 Å². The number of nitrogens with zero attached hydrogens (tertiary/aromatic N) is 3. The number of sulfonamides is 1. The predicted octanol–water partition coefficient (Wildman–Crippen LogP) is 3.96. The van der Waals surface area contributed by atoms with Gasteiger partial charge in [-0.05, 0) is 48.2 Å². The quantitative estimate of drug-likeness (QED) is 0.346. The Labute approximate surface area is 206 Å². The van der Waals surface area contributed by atoms with Crippen molar-refractivity contribution >= 4 is 33.1 Å². The van der Waals surface area contributed by atoms with E-state index in [4.69, 9.17) is 9.47 Å². The van der Waals surface area contributed by atoms with Gasteiger partial charge in [0, 0.05) is 25.7 Å². The minimum absolute atomic E-state index is 0.0104. The Kier molecular flexibility index (Phi) is 7.69. The van der Waals surface area contributed by atoms with Gasteiger partial charge in [0.25, 0.3) is 0 Å². The van der Waals surface area contributed by atoms with Crippen LogP contribution in [0.2, 0.25) is 0 Å². The summed E-state index contributed by atoms with van der Waals surface area (Å²) in [5.74, 6) is 0.543. The summed E-state index contributed by atoms with van der Waals surface area (Å²) in [6, 6.07) is 13.0. The summed E-state index contributed by atoms with van der Waals surface area (Å²) in [6.45, 7) is 8.27. The highest BCUT2D eigenvalue weighted by atomic mass is 32.2. The number of rotatable bonds is 8. The molecule has 8 nitrogen and oxygen atoms in total. The van der Waals surface area contributed by atoms with Crippen LogP contribution in [0.5, 0.6) is 0 Å². The normalized spacial score (nSPS) is 15.3. The van der Waals surface area contributed by atoms with Gasteiger partial charge >= 0.3 is 5.97 Å². The molecule has 9 heteroatoms. The van der Waals surface area contributed by atoms with Crippen LogP contribution in [0.4, 0.5) is 0 Å². The molecule has 0 N–H and O–H groups in total. The molecule has 0 amide bonds. The number of hydrogen-bond acceptors (Lipinski definition) is 6. The van der Waals surface area contributed by atoms with Gasteiger partial charge in [0.05, 0.1) is 29.1 Å². The van der Waals surface area contributed by atoms with Gasteiger partial charge in [-0.1, -0.05) is 38.1 Å². The van der Waals surface area contributed by atoms with E-state index in [1.54, 1.807) is 24.3 Å². The smallest absolute Gasteiger partial charge is 0.331 e. The molecular weight excluding hydrogens is 466 g/mol. The maximum Gasteiger partial charge on any atom is 0.331 e. The van der Waals surface area contributed by atoms with Crippen molar-refractivity contribution in [1.29, 1.82) is 0 Å². The predicted molar refractivity (Wildman–Crippen MR) is 134 cm³/mol. The van der Waals surface area contributed by atoms with Crippen LogP contribution in [0, 0.1) is 0 Å². The van der Waals surface area contributed by atoms with Gasteiger partial charge in [-0.3, -0.25) is 0 Å². The monoisotopic (exact) mass is 497 g/mol. The number of ether oxygens (including phenoxy) is 2. The molecule has 2 heterocycles. The van der Waals surface area contributed by atoms with Gasteiger partial charge in [0.2, 0.25) is 10.0 Å². The van der Waals surface area contributed by atoms with Crippen molar-refractivity contribution in [2.75, 3.05) is 26.3 Å². The van der Waals surface area contributed by atoms with Crippen molar-refractivity contribution in [3.63, 3.8) is 0 Å². The second kappa shape index (κ2) is 10.7. The van der Waals surface area contributed by atoms with Gasteiger partial charge < -0.3 is 14.0 Å². The maximum atomic E-state index is 13.0. The minimum atomic E-state index is -3.62. The van der Waals surface area contributed by atoms with E-state index in [-0.39, 0.29) is 11.5 Å². The zero-order valence-electron chi connectivity index (χ0n) is 20.3.